The van der Waals surface area contributed by atoms with Gasteiger partial charge in [-0.15, -0.1) is 6.58 Å². The number of alkyl halides is 1. The molecule has 0 aliphatic heterocycles. The molecule has 0 bridgehead atoms. The van der Waals surface area contributed by atoms with Crippen molar-refractivity contribution in [2.75, 3.05) is 0 Å². The van der Waals surface area contributed by atoms with Gasteiger partial charge in [0.1, 0.15) is 5.67 Å². The molecule has 3 aliphatic rings. The van der Waals surface area contributed by atoms with Crippen molar-refractivity contribution in [3.8, 4) is 0 Å². The first-order chi connectivity index (χ1) is 11.7. The fourth-order valence-electron chi connectivity index (χ4n) is 7.74. The van der Waals surface area contributed by atoms with Crippen LogP contribution in [0.5, 0.6) is 0 Å². The van der Waals surface area contributed by atoms with E-state index in [2.05, 4.69) is 40.9 Å². The maximum absolute atomic E-state index is 16.9. The average molecular weight is 347 g/mol. The molecule has 0 saturated heterocycles. The smallest absolute Gasteiger partial charge is 0.119 e. The minimum absolute atomic E-state index is 0.179. The zero-order chi connectivity index (χ0) is 18.5. The molecule has 0 aromatic rings. The molecule has 1 heteroatoms. The van der Waals surface area contributed by atoms with Crippen LogP contribution in [0.15, 0.2) is 24.8 Å². The third-order valence-corrected chi connectivity index (χ3v) is 9.00. The minimum atomic E-state index is -0.983. The van der Waals surface area contributed by atoms with Crippen LogP contribution >= 0.6 is 0 Å². The van der Waals surface area contributed by atoms with Gasteiger partial charge in [0.25, 0.3) is 0 Å². The largest absolute Gasteiger partial charge is 0.243 e. The topological polar surface area (TPSA) is 0 Å². The van der Waals surface area contributed by atoms with Gasteiger partial charge >= 0.3 is 0 Å². The first-order valence-corrected chi connectivity index (χ1v) is 10.7. The van der Waals surface area contributed by atoms with Crippen molar-refractivity contribution in [3.63, 3.8) is 0 Å². The van der Waals surface area contributed by atoms with E-state index >= 15 is 4.39 Å². The minimum Gasteiger partial charge on any atom is -0.243 e. The van der Waals surface area contributed by atoms with Crippen LogP contribution < -0.4 is 0 Å². The van der Waals surface area contributed by atoms with Crippen LogP contribution in [0.25, 0.3) is 0 Å². The molecule has 3 aliphatic carbocycles. The number of rotatable bonds is 5. The molecule has 0 nitrogen and oxygen atoms in total. The molecule has 3 fully saturated rings. The maximum atomic E-state index is 16.9. The standard InChI is InChI=1S/C24H39F/c1-7-9-18-10-11-21-20-13-12-19(17(3)4)22(20,5)15-16-24(21,25)23(18,6)14-8-2/h7,18-21H,1,3,8-16H2,2,4-6H3. The Bertz CT molecular complexity index is 536. The van der Waals surface area contributed by atoms with Crippen molar-refractivity contribution in [3.05, 3.63) is 24.8 Å². The lowest BCUT2D eigenvalue weighted by atomic mass is 9.44. The normalized spacial score (nSPS) is 49.3. The van der Waals surface area contributed by atoms with Crippen LogP contribution in [-0.4, -0.2) is 5.67 Å². The molecule has 0 aromatic carbocycles. The molecular weight excluding hydrogens is 307 g/mol. The lowest BCUT2D eigenvalue weighted by molar-refractivity contribution is -0.184. The van der Waals surface area contributed by atoms with E-state index in [1.807, 2.05) is 6.08 Å². The summed E-state index contributed by atoms with van der Waals surface area (Å²) >= 11 is 0. The number of hydrogen-bond donors (Lipinski definition) is 0. The summed E-state index contributed by atoms with van der Waals surface area (Å²) in [5.74, 6) is 1.88. The molecular formula is C24H39F. The van der Waals surface area contributed by atoms with Crippen molar-refractivity contribution in [1.82, 2.24) is 0 Å². The first-order valence-electron chi connectivity index (χ1n) is 10.7. The van der Waals surface area contributed by atoms with Crippen LogP contribution in [0.1, 0.15) is 85.5 Å². The van der Waals surface area contributed by atoms with E-state index in [9.17, 15) is 0 Å². The van der Waals surface area contributed by atoms with Crippen molar-refractivity contribution < 1.29 is 4.39 Å². The van der Waals surface area contributed by atoms with Gasteiger partial charge in [-0.2, -0.15) is 0 Å². The number of halogens is 1. The summed E-state index contributed by atoms with van der Waals surface area (Å²) < 4.78 is 16.9. The summed E-state index contributed by atoms with van der Waals surface area (Å²) in [6.07, 6.45) is 11.6. The molecule has 0 amide bonds. The highest BCUT2D eigenvalue weighted by molar-refractivity contribution is 5.19. The van der Waals surface area contributed by atoms with Crippen LogP contribution in [-0.2, 0) is 0 Å². The Morgan fingerprint density at radius 3 is 2.40 bits per heavy atom. The highest BCUT2D eigenvalue weighted by Gasteiger charge is 2.66. The van der Waals surface area contributed by atoms with Gasteiger partial charge in [0.2, 0.25) is 0 Å². The quantitative estimate of drug-likeness (QED) is 0.452. The average Bonchev–Trinajstić information content (AvgIpc) is 2.90. The lowest BCUT2D eigenvalue weighted by Crippen LogP contribution is -2.61. The van der Waals surface area contributed by atoms with Crippen LogP contribution in [0.3, 0.4) is 0 Å². The van der Waals surface area contributed by atoms with Gasteiger partial charge in [-0.1, -0.05) is 45.4 Å². The summed E-state index contributed by atoms with van der Waals surface area (Å²) in [6.45, 7) is 17.4. The third kappa shape index (κ3) is 2.59. The fourth-order valence-corrected chi connectivity index (χ4v) is 7.74. The predicted octanol–water partition coefficient (Wildman–Crippen LogP) is 7.51. The van der Waals surface area contributed by atoms with Gasteiger partial charge in [-0.05, 0) is 87.4 Å². The Hall–Kier alpha value is -0.590. The molecule has 0 spiro atoms. The van der Waals surface area contributed by atoms with Gasteiger partial charge in [0.15, 0.2) is 0 Å². The van der Waals surface area contributed by atoms with Crippen molar-refractivity contribution in [2.45, 2.75) is 91.2 Å². The SMILES string of the molecule is C=CCC1CCC2C3CCC(C(=C)C)C3(C)CCC2(F)C1(C)CCC. The summed E-state index contributed by atoms with van der Waals surface area (Å²) in [5, 5.41) is 0. The molecule has 142 valence electrons. The van der Waals surface area contributed by atoms with Gasteiger partial charge in [0.05, 0.1) is 0 Å². The second kappa shape index (κ2) is 6.54. The van der Waals surface area contributed by atoms with Gasteiger partial charge in [-0.25, -0.2) is 4.39 Å². The number of allylic oxidation sites excluding steroid dienone is 2. The Morgan fingerprint density at radius 2 is 1.80 bits per heavy atom. The van der Waals surface area contributed by atoms with E-state index in [0.717, 1.165) is 38.5 Å². The molecule has 0 aromatic heterocycles. The van der Waals surface area contributed by atoms with E-state index in [-0.39, 0.29) is 16.7 Å². The highest BCUT2D eigenvalue weighted by atomic mass is 19.1. The summed E-state index contributed by atoms with van der Waals surface area (Å²) in [4.78, 5) is 0. The Balaban J connectivity index is 1.97. The maximum Gasteiger partial charge on any atom is 0.119 e. The van der Waals surface area contributed by atoms with Crippen molar-refractivity contribution >= 4 is 0 Å². The Labute approximate surface area is 155 Å². The summed E-state index contributed by atoms with van der Waals surface area (Å²) in [6, 6.07) is 0. The zero-order valence-electron chi connectivity index (χ0n) is 17.0. The molecule has 0 heterocycles. The summed E-state index contributed by atoms with van der Waals surface area (Å²) in [5.41, 5.74) is 0.447. The second-order valence-corrected chi connectivity index (χ2v) is 10.0. The third-order valence-electron chi connectivity index (χ3n) is 9.00. The molecule has 3 saturated carbocycles. The predicted molar refractivity (Wildman–Crippen MR) is 106 cm³/mol. The van der Waals surface area contributed by atoms with E-state index in [4.69, 9.17) is 0 Å². The molecule has 3 rings (SSSR count). The van der Waals surface area contributed by atoms with E-state index in [1.54, 1.807) is 0 Å². The number of hydrogen-bond acceptors (Lipinski definition) is 0. The monoisotopic (exact) mass is 346 g/mol. The van der Waals surface area contributed by atoms with Crippen LogP contribution in [0.2, 0.25) is 0 Å². The fraction of sp³-hybridized carbons (Fsp3) is 0.833. The van der Waals surface area contributed by atoms with Gasteiger partial charge in [-0.3, -0.25) is 0 Å². The second-order valence-electron chi connectivity index (χ2n) is 10.0. The Morgan fingerprint density at radius 1 is 1.12 bits per heavy atom. The van der Waals surface area contributed by atoms with E-state index < -0.39 is 5.67 Å². The molecule has 7 unspecified atom stereocenters. The van der Waals surface area contributed by atoms with Crippen LogP contribution in [0, 0.1) is 34.5 Å². The molecule has 0 N–H and O–H groups in total. The van der Waals surface area contributed by atoms with Crippen molar-refractivity contribution in [1.29, 1.82) is 0 Å². The highest BCUT2D eigenvalue weighted by Crippen LogP contribution is 2.70. The first kappa shape index (κ1) is 19.2. The van der Waals surface area contributed by atoms with Gasteiger partial charge in [0, 0.05) is 5.41 Å². The van der Waals surface area contributed by atoms with E-state index in [1.165, 1.54) is 24.8 Å². The zero-order valence-corrected chi connectivity index (χ0v) is 17.0. The van der Waals surface area contributed by atoms with Gasteiger partial charge < -0.3 is 0 Å². The Kier molecular flexibility index (Phi) is 5.01. The van der Waals surface area contributed by atoms with Crippen LogP contribution in [0.4, 0.5) is 4.39 Å². The molecule has 0 radical (unpaired) electrons. The summed E-state index contributed by atoms with van der Waals surface area (Å²) in [7, 11) is 0. The molecule has 25 heavy (non-hydrogen) atoms. The van der Waals surface area contributed by atoms with E-state index in [0.29, 0.717) is 17.8 Å². The lowest BCUT2D eigenvalue weighted by Gasteiger charge is -2.62. The number of fused-ring (bicyclic) bond motifs is 3. The molecule has 7 atom stereocenters. The van der Waals surface area contributed by atoms with Crippen molar-refractivity contribution in [2.24, 2.45) is 34.5 Å².